The molecular formula is C14H12N4O. The molecule has 0 unspecified atom stereocenters. The Bertz CT molecular complexity index is 761. The van der Waals surface area contributed by atoms with Crippen LogP contribution in [0.15, 0.2) is 59.9 Å². The number of pyridine rings is 1. The van der Waals surface area contributed by atoms with Crippen LogP contribution in [0.25, 0.3) is 16.7 Å². The maximum absolute atomic E-state index is 8.78. The molecule has 0 saturated heterocycles. The lowest BCUT2D eigenvalue weighted by molar-refractivity contribution is 0.318. The van der Waals surface area contributed by atoms with Gasteiger partial charge in [-0.3, -0.25) is 4.57 Å². The monoisotopic (exact) mass is 252 g/mol. The molecule has 0 aliphatic heterocycles. The second kappa shape index (κ2) is 4.45. The van der Waals surface area contributed by atoms with Crippen LogP contribution in [0.3, 0.4) is 0 Å². The molecule has 2 heterocycles. The number of hydrogen-bond donors (Lipinski definition) is 2. The van der Waals surface area contributed by atoms with Crippen molar-refractivity contribution in [2.45, 2.75) is 0 Å². The summed E-state index contributed by atoms with van der Waals surface area (Å²) < 4.78 is 1.78. The maximum atomic E-state index is 8.78. The van der Waals surface area contributed by atoms with Crippen LogP contribution in [0.2, 0.25) is 0 Å². The first kappa shape index (κ1) is 11.3. The number of oxime groups is 1. The fraction of sp³-hybridized carbons (Fsp3) is 0. The topological polar surface area (TPSA) is 76.4 Å². The van der Waals surface area contributed by atoms with Gasteiger partial charge in [0.1, 0.15) is 5.82 Å². The van der Waals surface area contributed by atoms with Crippen LogP contribution in [0.4, 0.5) is 0 Å². The fourth-order valence-electron chi connectivity index (χ4n) is 2.03. The van der Waals surface area contributed by atoms with Gasteiger partial charge in [0.15, 0.2) is 5.84 Å². The van der Waals surface area contributed by atoms with E-state index in [1.54, 1.807) is 10.6 Å². The van der Waals surface area contributed by atoms with E-state index in [1.807, 2.05) is 48.7 Å². The Labute approximate surface area is 109 Å². The smallest absolute Gasteiger partial charge is 0.187 e. The molecule has 0 aliphatic rings. The molecule has 0 amide bonds. The predicted molar refractivity (Wildman–Crippen MR) is 73.6 cm³/mol. The SMILES string of the molecule is N/C(=N/O)c1cccn1-c1ccc2ccccc2n1. The average Bonchev–Trinajstić information content (AvgIpc) is 2.95. The Morgan fingerprint density at radius 3 is 2.79 bits per heavy atom. The van der Waals surface area contributed by atoms with Crippen LogP contribution in [0, 0.1) is 0 Å². The molecular weight excluding hydrogens is 240 g/mol. The third-order valence-corrected chi connectivity index (χ3v) is 2.95. The van der Waals surface area contributed by atoms with Gasteiger partial charge in [0.05, 0.1) is 11.2 Å². The van der Waals surface area contributed by atoms with Crippen molar-refractivity contribution in [1.82, 2.24) is 9.55 Å². The summed E-state index contributed by atoms with van der Waals surface area (Å²) in [5.74, 6) is 0.783. The van der Waals surface area contributed by atoms with E-state index in [2.05, 4.69) is 10.1 Å². The molecule has 0 radical (unpaired) electrons. The lowest BCUT2D eigenvalue weighted by Gasteiger charge is -2.08. The maximum Gasteiger partial charge on any atom is 0.187 e. The first-order valence-corrected chi connectivity index (χ1v) is 5.81. The number of benzene rings is 1. The summed E-state index contributed by atoms with van der Waals surface area (Å²) in [4.78, 5) is 4.57. The zero-order chi connectivity index (χ0) is 13.2. The van der Waals surface area contributed by atoms with Crippen LogP contribution in [0.1, 0.15) is 5.69 Å². The molecule has 0 bridgehead atoms. The van der Waals surface area contributed by atoms with E-state index >= 15 is 0 Å². The molecule has 3 rings (SSSR count). The number of nitrogens with two attached hydrogens (primary N) is 1. The molecule has 0 aliphatic carbocycles. The van der Waals surface area contributed by atoms with Crippen molar-refractivity contribution >= 4 is 16.7 Å². The highest BCUT2D eigenvalue weighted by Gasteiger charge is 2.08. The zero-order valence-electron chi connectivity index (χ0n) is 10.1. The highest BCUT2D eigenvalue weighted by molar-refractivity contribution is 5.96. The third-order valence-electron chi connectivity index (χ3n) is 2.95. The van der Waals surface area contributed by atoms with Crippen LogP contribution < -0.4 is 5.73 Å². The normalized spacial score (nSPS) is 11.9. The van der Waals surface area contributed by atoms with Crippen molar-refractivity contribution in [3.63, 3.8) is 0 Å². The Balaban J connectivity index is 2.17. The van der Waals surface area contributed by atoms with E-state index in [-0.39, 0.29) is 5.84 Å². The van der Waals surface area contributed by atoms with Crippen molar-refractivity contribution in [1.29, 1.82) is 0 Å². The number of para-hydroxylation sites is 1. The van der Waals surface area contributed by atoms with Gasteiger partial charge < -0.3 is 10.9 Å². The second-order valence-corrected chi connectivity index (χ2v) is 4.11. The van der Waals surface area contributed by atoms with E-state index in [4.69, 9.17) is 10.9 Å². The van der Waals surface area contributed by atoms with Gasteiger partial charge in [-0.25, -0.2) is 4.98 Å². The van der Waals surface area contributed by atoms with Gasteiger partial charge in [0, 0.05) is 11.6 Å². The Morgan fingerprint density at radius 1 is 1.11 bits per heavy atom. The number of fused-ring (bicyclic) bond motifs is 1. The summed E-state index contributed by atoms with van der Waals surface area (Å²) in [6, 6.07) is 15.4. The average molecular weight is 252 g/mol. The van der Waals surface area contributed by atoms with Gasteiger partial charge in [-0.2, -0.15) is 0 Å². The summed E-state index contributed by atoms with van der Waals surface area (Å²) in [5.41, 5.74) is 7.15. The van der Waals surface area contributed by atoms with E-state index < -0.39 is 0 Å². The summed E-state index contributed by atoms with van der Waals surface area (Å²) in [6.45, 7) is 0. The van der Waals surface area contributed by atoms with Gasteiger partial charge in [-0.15, -0.1) is 0 Å². The molecule has 5 nitrogen and oxygen atoms in total. The minimum atomic E-state index is 0.0555. The molecule has 3 aromatic rings. The molecule has 94 valence electrons. The first-order chi connectivity index (χ1) is 9.29. The number of nitrogens with zero attached hydrogens (tertiary/aromatic N) is 3. The van der Waals surface area contributed by atoms with Gasteiger partial charge in [0.25, 0.3) is 0 Å². The van der Waals surface area contributed by atoms with Crippen LogP contribution in [-0.2, 0) is 0 Å². The van der Waals surface area contributed by atoms with E-state index in [0.29, 0.717) is 5.69 Å². The first-order valence-electron chi connectivity index (χ1n) is 5.81. The lowest BCUT2D eigenvalue weighted by Crippen LogP contribution is -2.17. The number of aromatic nitrogens is 2. The van der Waals surface area contributed by atoms with Crippen molar-refractivity contribution in [2.24, 2.45) is 10.9 Å². The van der Waals surface area contributed by atoms with Crippen molar-refractivity contribution in [3.8, 4) is 5.82 Å². The predicted octanol–water partition coefficient (Wildman–Crippen LogP) is 2.12. The highest BCUT2D eigenvalue weighted by Crippen LogP contribution is 2.16. The fourth-order valence-corrected chi connectivity index (χ4v) is 2.03. The zero-order valence-corrected chi connectivity index (χ0v) is 10.1. The van der Waals surface area contributed by atoms with Crippen LogP contribution >= 0.6 is 0 Å². The lowest BCUT2D eigenvalue weighted by atomic mass is 10.2. The van der Waals surface area contributed by atoms with Gasteiger partial charge in [-0.1, -0.05) is 23.4 Å². The van der Waals surface area contributed by atoms with Crippen molar-refractivity contribution in [3.05, 3.63) is 60.4 Å². The van der Waals surface area contributed by atoms with Gasteiger partial charge >= 0.3 is 0 Å². The summed E-state index contributed by atoms with van der Waals surface area (Å²) >= 11 is 0. The van der Waals surface area contributed by atoms with E-state index in [9.17, 15) is 0 Å². The van der Waals surface area contributed by atoms with Gasteiger partial charge in [0.2, 0.25) is 0 Å². The third kappa shape index (κ3) is 1.91. The van der Waals surface area contributed by atoms with E-state index in [0.717, 1.165) is 16.7 Å². The number of amidine groups is 1. The van der Waals surface area contributed by atoms with Crippen LogP contribution in [-0.4, -0.2) is 20.6 Å². The largest absolute Gasteiger partial charge is 0.409 e. The molecule has 2 aromatic heterocycles. The molecule has 5 heteroatoms. The Kier molecular flexibility index (Phi) is 2.64. The quantitative estimate of drug-likeness (QED) is 0.317. The molecule has 0 spiro atoms. The standard InChI is InChI=1S/C14H12N4O/c15-14(17-19)12-6-3-9-18(12)13-8-7-10-4-1-2-5-11(10)16-13/h1-9,19H,(H2,15,17). The minimum Gasteiger partial charge on any atom is -0.409 e. The molecule has 0 saturated carbocycles. The second-order valence-electron chi connectivity index (χ2n) is 4.11. The van der Waals surface area contributed by atoms with E-state index in [1.165, 1.54) is 0 Å². The highest BCUT2D eigenvalue weighted by atomic mass is 16.4. The summed E-state index contributed by atoms with van der Waals surface area (Å²) in [5, 5.41) is 12.9. The summed E-state index contributed by atoms with van der Waals surface area (Å²) in [6.07, 6.45) is 1.82. The molecule has 0 fully saturated rings. The van der Waals surface area contributed by atoms with Crippen molar-refractivity contribution in [2.75, 3.05) is 0 Å². The van der Waals surface area contributed by atoms with Crippen LogP contribution in [0.5, 0.6) is 0 Å². The molecule has 1 aromatic carbocycles. The molecule has 0 atom stereocenters. The van der Waals surface area contributed by atoms with Gasteiger partial charge in [-0.05, 0) is 30.3 Å². The minimum absolute atomic E-state index is 0.0555. The number of hydrogen-bond acceptors (Lipinski definition) is 3. The summed E-state index contributed by atoms with van der Waals surface area (Å²) in [7, 11) is 0. The molecule has 19 heavy (non-hydrogen) atoms. The Morgan fingerprint density at radius 2 is 1.95 bits per heavy atom. The molecule has 3 N–H and O–H groups in total. The Hall–Kier alpha value is -2.82. The van der Waals surface area contributed by atoms with Crippen molar-refractivity contribution < 1.29 is 5.21 Å². The number of rotatable bonds is 2.